The lowest BCUT2D eigenvalue weighted by Crippen LogP contribution is -2.48. The first kappa shape index (κ1) is 14.4. The topological polar surface area (TPSA) is 54.5 Å². The van der Waals surface area contributed by atoms with Gasteiger partial charge in [-0.25, -0.2) is 0 Å². The van der Waals surface area contributed by atoms with E-state index in [4.69, 9.17) is 0 Å². The molecule has 4 heteroatoms. The molecule has 1 aliphatic rings. The molecular weight excluding hydrogens is 254 g/mol. The summed E-state index contributed by atoms with van der Waals surface area (Å²) in [6.45, 7) is 5.47. The van der Waals surface area contributed by atoms with Crippen LogP contribution in [0, 0.1) is 12.3 Å². The third-order valence-electron chi connectivity index (χ3n) is 3.61. The summed E-state index contributed by atoms with van der Waals surface area (Å²) in [4.78, 5) is 37.4. The van der Waals surface area contributed by atoms with Crippen LogP contribution in [-0.2, 0) is 9.59 Å². The molecule has 20 heavy (non-hydrogen) atoms. The lowest BCUT2D eigenvalue weighted by molar-refractivity contribution is -0.151. The van der Waals surface area contributed by atoms with Crippen LogP contribution in [0.25, 0.3) is 0 Å². The van der Waals surface area contributed by atoms with Gasteiger partial charge in [-0.3, -0.25) is 19.3 Å². The molecule has 2 amide bonds. The van der Waals surface area contributed by atoms with Crippen molar-refractivity contribution in [1.82, 2.24) is 4.90 Å². The quantitative estimate of drug-likeness (QED) is 0.627. The number of hydrogen-bond donors (Lipinski definition) is 0. The van der Waals surface area contributed by atoms with Gasteiger partial charge in [-0.05, 0) is 17.9 Å². The first-order chi connectivity index (χ1) is 9.30. The first-order valence-corrected chi connectivity index (χ1v) is 6.72. The molecule has 0 radical (unpaired) electrons. The minimum Gasteiger partial charge on any atom is -0.292 e. The third-order valence-corrected chi connectivity index (χ3v) is 3.61. The van der Waals surface area contributed by atoms with Gasteiger partial charge >= 0.3 is 0 Å². The summed E-state index contributed by atoms with van der Waals surface area (Å²) >= 11 is 0. The van der Waals surface area contributed by atoms with Crippen LogP contribution in [0.5, 0.6) is 0 Å². The van der Waals surface area contributed by atoms with Crippen molar-refractivity contribution >= 4 is 17.6 Å². The molecule has 1 aromatic carbocycles. The van der Waals surface area contributed by atoms with Crippen molar-refractivity contribution in [3.05, 3.63) is 35.4 Å². The molecule has 106 valence electrons. The number of Topliss-reactive ketones (excluding diaryl/α,β-unsaturated/α-hetero) is 1. The second kappa shape index (κ2) is 5.19. The molecule has 0 spiro atoms. The Morgan fingerprint density at radius 1 is 1.15 bits per heavy atom. The highest BCUT2D eigenvalue weighted by Crippen LogP contribution is 2.31. The molecule has 1 saturated heterocycles. The molecule has 0 atom stereocenters. The van der Waals surface area contributed by atoms with Crippen molar-refractivity contribution in [2.75, 3.05) is 6.54 Å². The number of nitrogens with zero attached hydrogens (tertiary/aromatic N) is 1. The van der Waals surface area contributed by atoms with Crippen LogP contribution in [0.3, 0.4) is 0 Å². The van der Waals surface area contributed by atoms with Crippen molar-refractivity contribution < 1.29 is 14.4 Å². The van der Waals surface area contributed by atoms with Gasteiger partial charge in [0.05, 0.1) is 6.54 Å². The summed E-state index contributed by atoms with van der Waals surface area (Å²) < 4.78 is 0. The normalized spacial score (nSPS) is 18.2. The summed E-state index contributed by atoms with van der Waals surface area (Å²) in [7, 11) is 0. The van der Waals surface area contributed by atoms with Crippen molar-refractivity contribution in [2.24, 2.45) is 5.41 Å². The zero-order chi connectivity index (χ0) is 14.9. The Kier molecular flexibility index (Phi) is 3.75. The number of imide groups is 1. The van der Waals surface area contributed by atoms with E-state index < -0.39 is 0 Å². The number of carbonyl (C=O) groups is 3. The van der Waals surface area contributed by atoms with Gasteiger partial charge in [0.15, 0.2) is 5.78 Å². The Morgan fingerprint density at radius 3 is 2.25 bits per heavy atom. The van der Waals surface area contributed by atoms with E-state index in [0.717, 1.165) is 10.5 Å². The molecule has 4 nitrogen and oxygen atoms in total. The van der Waals surface area contributed by atoms with E-state index in [1.165, 1.54) is 0 Å². The van der Waals surface area contributed by atoms with Crippen molar-refractivity contribution in [3.8, 4) is 0 Å². The van der Waals surface area contributed by atoms with E-state index in [0.29, 0.717) is 18.4 Å². The van der Waals surface area contributed by atoms with E-state index in [1.54, 1.807) is 12.1 Å². The zero-order valence-corrected chi connectivity index (χ0v) is 12.1. The lowest BCUT2D eigenvalue weighted by Gasteiger charge is -2.34. The molecule has 0 N–H and O–H groups in total. The number of aryl methyl sites for hydroxylation is 1. The van der Waals surface area contributed by atoms with Gasteiger partial charge < -0.3 is 0 Å². The predicted octanol–water partition coefficient (Wildman–Crippen LogP) is 2.35. The molecule has 1 heterocycles. The van der Waals surface area contributed by atoms with Crippen LogP contribution in [0.15, 0.2) is 24.3 Å². The largest absolute Gasteiger partial charge is 0.292 e. The maximum atomic E-state index is 12.2. The van der Waals surface area contributed by atoms with Gasteiger partial charge in [-0.1, -0.05) is 38.1 Å². The van der Waals surface area contributed by atoms with Gasteiger partial charge in [-0.2, -0.15) is 0 Å². The minimum atomic E-state index is -0.309. The number of rotatable bonds is 3. The summed E-state index contributed by atoms with van der Waals surface area (Å²) in [6, 6.07) is 7.20. The van der Waals surface area contributed by atoms with Crippen LogP contribution in [0.4, 0.5) is 0 Å². The molecule has 1 aliphatic heterocycles. The lowest BCUT2D eigenvalue weighted by atomic mass is 9.81. The Balaban J connectivity index is 2.14. The fraction of sp³-hybridized carbons (Fsp3) is 0.438. The second-order valence-electron chi connectivity index (χ2n) is 6.13. The second-order valence-corrected chi connectivity index (χ2v) is 6.13. The van der Waals surface area contributed by atoms with Crippen LogP contribution < -0.4 is 0 Å². The van der Waals surface area contributed by atoms with Crippen LogP contribution in [-0.4, -0.2) is 29.0 Å². The number of amides is 2. The molecule has 0 unspecified atom stereocenters. The maximum Gasteiger partial charge on any atom is 0.230 e. The average Bonchev–Trinajstić information content (AvgIpc) is 2.33. The minimum absolute atomic E-state index is 0.154. The summed E-state index contributed by atoms with van der Waals surface area (Å²) in [5, 5.41) is 0. The molecule has 1 fully saturated rings. The van der Waals surface area contributed by atoms with Crippen molar-refractivity contribution in [2.45, 2.75) is 33.6 Å². The van der Waals surface area contributed by atoms with E-state index in [-0.39, 0.29) is 29.6 Å². The third kappa shape index (κ3) is 2.95. The molecular formula is C16H19NO3. The van der Waals surface area contributed by atoms with Crippen LogP contribution in [0.1, 0.15) is 42.6 Å². The molecule has 0 bridgehead atoms. The maximum absolute atomic E-state index is 12.2. The Hall–Kier alpha value is -1.97. The smallest absolute Gasteiger partial charge is 0.230 e. The zero-order valence-electron chi connectivity index (χ0n) is 12.1. The van der Waals surface area contributed by atoms with Gasteiger partial charge in [0.25, 0.3) is 0 Å². The first-order valence-electron chi connectivity index (χ1n) is 6.72. The van der Waals surface area contributed by atoms with Crippen molar-refractivity contribution in [3.63, 3.8) is 0 Å². The van der Waals surface area contributed by atoms with Gasteiger partial charge in [0.2, 0.25) is 11.8 Å². The summed E-state index contributed by atoms with van der Waals surface area (Å²) in [5.74, 6) is -0.703. The van der Waals surface area contributed by atoms with E-state index in [2.05, 4.69) is 0 Å². The SMILES string of the molecule is Cc1ccccc1C(=O)CN1C(=O)CC(C)(C)CC1=O. The monoisotopic (exact) mass is 273 g/mol. The molecule has 0 aliphatic carbocycles. The van der Waals surface area contributed by atoms with E-state index in [9.17, 15) is 14.4 Å². The number of hydrogen-bond acceptors (Lipinski definition) is 3. The highest BCUT2D eigenvalue weighted by atomic mass is 16.2. The Labute approximate surface area is 118 Å². The van der Waals surface area contributed by atoms with Gasteiger partial charge in [0.1, 0.15) is 0 Å². The molecule has 0 saturated carbocycles. The molecule has 0 aromatic heterocycles. The molecule has 2 rings (SSSR count). The van der Waals surface area contributed by atoms with Crippen molar-refractivity contribution in [1.29, 1.82) is 0 Å². The Morgan fingerprint density at radius 2 is 1.70 bits per heavy atom. The number of piperidine rings is 1. The highest BCUT2D eigenvalue weighted by Gasteiger charge is 2.38. The highest BCUT2D eigenvalue weighted by molar-refractivity contribution is 6.06. The van der Waals surface area contributed by atoms with Crippen LogP contribution >= 0.6 is 0 Å². The molecule has 1 aromatic rings. The predicted molar refractivity (Wildman–Crippen MR) is 75.2 cm³/mol. The number of likely N-dealkylation sites (tertiary alicyclic amines) is 1. The number of carbonyl (C=O) groups excluding carboxylic acids is 3. The summed E-state index contributed by atoms with van der Waals surface area (Å²) in [6.07, 6.45) is 0.611. The van der Waals surface area contributed by atoms with Crippen LogP contribution in [0.2, 0.25) is 0 Å². The van der Waals surface area contributed by atoms with E-state index in [1.807, 2.05) is 32.9 Å². The Bertz CT molecular complexity index is 555. The number of benzene rings is 1. The summed E-state index contributed by atoms with van der Waals surface area (Å²) in [5.41, 5.74) is 1.11. The standard InChI is InChI=1S/C16H19NO3/c1-11-6-4-5-7-12(11)13(18)10-17-14(19)8-16(2,3)9-15(17)20/h4-7H,8-10H2,1-3H3. The number of ketones is 1. The van der Waals surface area contributed by atoms with E-state index >= 15 is 0 Å². The fourth-order valence-electron chi connectivity index (χ4n) is 2.50. The van der Waals surface area contributed by atoms with Gasteiger partial charge in [0, 0.05) is 18.4 Å². The fourth-order valence-corrected chi connectivity index (χ4v) is 2.50. The van der Waals surface area contributed by atoms with Gasteiger partial charge in [-0.15, -0.1) is 0 Å². The average molecular weight is 273 g/mol.